The maximum Gasteiger partial charge on any atom is 0.130 e. The van der Waals surface area contributed by atoms with Crippen molar-refractivity contribution < 1.29 is 0 Å². The molecule has 0 bridgehead atoms. The van der Waals surface area contributed by atoms with E-state index in [1.54, 1.807) is 12.1 Å². The molecule has 0 radical (unpaired) electrons. The van der Waals surface area contributed by atoms with E-state index in [9.17, 15) is 0 Å². The van der Waals surface area contributed by atoms with Crippen molar-refractivity contribution in [3.05, 3.63) is 52.4 Å². The van der Waals surface area contributed by atoms with Crippen molar-refractivity contribution in [3.8, 4) is 6.07 Å². The molecule has 1 heterocycles. The minimum Gasteiger partial charge on any atom is -0.366 e. The standard InChI is InChI=1S/C12H9BrN4/c13-11-5-12(17-8-16-11)15-7-10-3-1-2-9(4-10)6-14/h1-5,8H,7H2,(H,15,16,17). The number of anilines is 1. The zero-order valence-electron chi connectivity index (χ0n) is 8.89. The molecule has 4 nitrogen and oxygen atoms in total. The van der Waals surface area contributed by atoms with Gasteiger partial charge in [0.05, 0.1) is 11.6 Å². The number of nitriles is 1. The van der Waals surface area contributed by atoms with Gasteiger partial charge in [-0.3, -0.25) is 0 Å². The van der Waals surface area contributed by atoms with Crippen molar-refractivity contribution in [2.24, 2.45) is 0 Å². The number of halogens is 1. The molecule has 5 heteroatoms. The van der Waals surface area contributed by atoms with E-state index in [1.807, 2.05) is 18.2 Å². The fourth-order valence-electron chi connectivity index (χ4n) is 1.37. The van der Waals surface area contributed by atoms with E-state index in [-0.39, 0.29) is 0 Å². The van der Waals surface area contributed by atoms with Gasteiger partial charge in [-0.1, -0.05) is 12.1 Å². The molecule has 0 unspecified atom stereocenters. The summed E-state index contributed by atoms with van der Waals surface area (Å²) in [6.07, 6.45) is 1.48. The normalized spacial score (nSPS) is 9.65. The number of aromatic nitrogens is 2. The molecule has 0 aliphatic rings. The molecule has 0 spiro atoms. The summed E-state index contributed by atoms with van der Waals surface area (Å²) in [6.45, 7) is 0.624. The molecule has 0 amide bonds. The molecule has 1 aromatic carbocycles. The van der Waals surface area contributed by atoms with E-state index in [0.29, 0.717) is 12.1 Å². The van der Waals surface area contributed by atoms with Crippen LogP contribution >= 0.6 is 15.9 Å². The van der Waals surface area contributed by atoms with Crippen molar-refractivity contribution in [1.82, 2.24) is 9.97 Å². The fraction of sp³-hybridized carbons (Fsp3) is 0.0833. The Balaban J connectivity index is 2.05. The number of benzene rings is 1. The predicted octanol–water partition coefficient (Wildman–Crippen LogP) is 2.72. The highest BCUT2D eigenvalue weighted by Gasteiger charge is 1.98. The van der Waals surface area contributed by atoms with Crippen molar-refractivity contribution in [3.63, 3.8) is 0 Å². The van der Waals surface area contributed by atoms with E-state index in [2.05, 4.69) is 37.3 Å². The van der Waals surface area contributed by atoms with Crippen LogP contribution in [-0.2, 0) is 6.54 Å². The molecule has 0 aliphatic heterocycles. The molecule has 2 aromatic rings. The third kappa shape index (κ3) is 3.26. The van der Waals surface area contributed by atoms with Crippen molar-refractivity contribution in [2.45, 2.75) is 6.54 Å². The third-order valence-electron chi connectivity index (χ3n) is 2.16. The number of hydrogen-bond donors (Lipinski definition) is 1. The van der Waals surface area contributed by atoms with Gasteiger partial charge in [0.25, 0.3) is 0 Å². The lowest BCUT2D eigenvalue weighted by Gasteiger charge is -2.05. The van der Waals surface area contributed by atoms with Crippen LogP contribution in [0.2, 0.25) is 0 Å². The van der Waals surface area contributed by atoms with Gasteiger partial charge in [-0.2, -0.15) is 5.26 Å². The largest absolute Gasteiger partial charge is 0.366 e. The van der Waals surface area contributed by atoms with Crippen LogP contribution < -0.4 is 5.32 Å². The van der Waals surface area contributed by atoms with E-state index in [1.165, 1.54) is 6.33 Å². The highest BCUT2D eigenvalue weighted by atomic mass is 79.9. The Kier molecular flexibility index (Phi) is 3.68. The van der Waals surface area contributed by atoms with Crippen molar-refractivity contribution in [1.29, 1.82) is 5.26 Å². The molecule has 1 N–H and O–H groups in total. The fourth-order valence-corrected chi connectivity index (χ4v) is 1.68. The number of nitrogens with one attached hydrogen (secondary N) is 1. The first kappa shape index (κ1) is 11.6. The molecule has 17 heavy (non-hydrogen) atoms. The van der Waals surface area contributed by atoms with Crippen LogP contribution in [0.25, 0.3) is 0 Å². The molecule has 2 rings (SSSR count). The Morgan fingerprint density at radius 3 is 2.94 bits per heavy atom. The first-order chi connectivity index (χ1) is 8.28. The van der Waals surface area contributed by atoms with E-state index in [0.717, 1.165) is 16.0 Å². The molecule has 0 aliphatic carbocycles. The maximum absolute atomic E-state index is 8.79. The van der Waals surface area contributed by atoms with Crippen LogP contribution in [0.1, 0.15) is 11.1 Å². The molecule has 0 saturated heterocycles. The van der Waals surface area contributed by atoms with Crippen LogP contribution in [0.4, 0.5) is 5.82 Å². The summed E-state index contributed by atoms with van der Waals surface area (Å²) in [7, 11) is 0. The van der Waals surface area contributed by atoms with Crippen molar-refractivity contribution in [2.75, 3.05) is 5.32 Å². The van der Waals surface area contributed by atoms with Gasteiger partial charge in [0.15, 0.2) is 0 Å². The molecule has 0 saturated carbocycles. The van der Waals surface area contributed by atoms with Gasteiger partial charge in [-0.15, -0.1) is 0 Å². The average Bonchev–Trinajstić information content (AvgIpc) is 2.37. The van der Waals surface area contributed by atoms with Gasteiger partial charge in [-0.05, 0) is 33.6 Å². The Morgan fingerprint density at radius 2 is 2.18 bits per heavy atom. The molecular formula is C12H9BrN4. The third-order valence-corrected chi connectivity index (χ3v) is 2.60. The Hall–Kier alpha value is -1.93. The second-order valence-corrected chi connectivity index (χ2v) is 4.20. The summed E-state index contributed by atoms with van der Waals surface area (Å²) < 4.78 is 0.737. The van der Waals surface area contributed by atoms with Gasteiger partial charge < -0.3 is 5.32 Å². The Labute approximate surface area is 107 Å². The van der Waals surface area contributed by atoms with Crippen LogP contribution in [-0.4, -0.2) is 9.97 Å². The second kappa shape index (κ2) is 5.41. The highest BCUT2D eigenvalue weighted by molar-refractivity contribution is 9.10. The smallest absolute Gasteiger partial charge is 0.130 e. The van der Waals surface area contributed by atoms with Crippen LogP contribution in [0.5, 0.6) is 0 Å². The molecule has 84 valence electrons. The van der Waals surface area contributed by atoms with Crippen LogP contribution in [0.3, 0.4) is 0 Å². The summed E-state index contributed by atoms with van der Waals surface area (Å²) >= 11 is 3.28. The molecule has 0 atom stereocenters. The number of hydrogen-bond acceptors (Lipinski definition) is 4. The lowest BCUT2D eigenvalue weighted by atomic mass is 10.1. The van der Waals surface area contributed by atoms with E-state index in [4.69, 9.17) is 5.26 Å². The maximum atomic E-state index is 8.79. The summed E-state index contributed by atoms with van der Waals surface area (Å²) in [6, 6.07) is 11.4. The topological polar surface area (TPSA) is 61.6 Å². The SMILES string of the molecule is N#Cc1cccc(CNc2cc(Br)ncn2)c1. The van der Waals surface area contributed by atoms with Gasteiger partial charge in [-0.25, -0.2) is 9.97 Å². The van der Waals surface area contributed by atoms with Crippen molar-refractivity contribution >= 4 is 21.7 Å². The minimum atomic E-state index is 0.624. The first-order valence-corrected chi connectivity index (χ1v) is 5.78. The van der Waals surface area contributed by atoms with Crippen LogP contribution in [0.15, 0.2) is 41.3 Å². The Bertz CT molecular complexity index is 562. The van der Waals surface area contributed by atoms with E-state index < -0.39 is 0 Å². The average molecular weight is 289 g/mol. The van der Waals surface area contributed by atoms with Gasteiger partial charge in [0.1, 0.15) is 16.7 Å². The number of rotatable bonds is 3. The zero-order chi connectivity index (χ0) is 12.1. The highest BCUT2D eigenvalue weighted by Crippen LogP contribution is 2.11. The summed E-state index contributed by atoms with van der Waals surface area (Å²) in [5, 5.41) is 11.9. The van der Waals surface area contributed by atoms with Gasteiger partial charge in [0, 0.05) is 12.6 Å². The molecule has 1 aromatic heterocycles. The first-order valence-electron chi connectivity index (χ1n) is 4.98. The second-order valence-electron chi connectivity index (χ2n) is 3.39. The number of nitrogens with zero attached hydrogens (tertiary/aromatic N) is 3. The minimum absolute atomic E-state index is 0.624. The van der Waals surface area contributed by atoms with Gasteiger partial charge in [0.2, 0.25) is 0 Å². The molecule has 0 fully saturated rings. The Morgan fingerprint density at radius 1 is 1.29 bits per heavy atom. The molecular weight excluding hydrogens is 280 g/mol. The van der Waals surface area contributed by atoms with Crippen LogP contribution in [0, 0.1) is 11.3 Å². The summed E-state index contributed by atoms with van der Waals surface area (Å²) in [4.78, 5) is 8.02. The van der Waals surface area contributed by atoms with E-state index >= 15 is 0 Å². The monoisotopic (exact) mass is 288 g/mol. The summed E-state index contributed by atoms with van der Waals surface area (Å²) in [5.41, 5.74) is 1.70. The quantitative estimate of drug-likeness (QED) is 0.882. The summed E-state index contributed by atoms with van der Waals surface area (Å²) in [5.74, 6) is 0.745. The van der Waals surface area contributed by atoms with Gasteiger partial charge >= 0.3 is 0 Å². The lowest BCUT2D eigenvalue weighted by Crippen LogP contribution is -2.01. The zero-order valence-corrected chi connectivity index (χ0v) is 10.5. The lowest BCUT2D eigenvalue weighted by molar-refractivity contribution is 1.07. The predicted molar refractivity (Wildman–Crippen MR) is 68.2 cm³/mol.